The number of carboxylic acid groups (broad SMARTS) is 1. The number of allylic oxidation sites excluding steroid dienone is 4. The Morgan fingerprint density at radius 3 is 1.56 bits per heavy atom. The quantitative estimate of drug-likeness (QED) is 0.0443. The number of quaternary nitrogens is 2. The number of carbonyl (C=O) groups is 1. The first kappa shape index (κ1) is 47.1. The van der Waals surface area contributed by atoms with Crippen molar-refractivity contribution in [3.8, 4) is 0 Å². The van der Waals surface area contributed by atoms with Crippen LogP contribution in [0.3, 0.4) is 0 Å². The van der Waals surface area contributed by atoms with Gasteiger partial charge in [0.25, 0.3) is 10.0 Å². The van der Waals surface area contributed by atoms with Gasteiger partial charge in [-0.15, -0.1) is 0 Å². The summed E-state index contributed by atoms with van der Waals surface area (Å²) >= 11 is 3.67. The third-order valence-electron chi connectivity index (χ3n) is 13.1. The van der Waals surface area contributed by atoms with Gasteiger partial charge in [0.15, 0.2) is 6.10 Å². The minimum atomic E-state index is -0.726. The highest BCUT2D eigenvalue weighted by molar-refractivity contribution is 7.19. The second-order valence-corrected chi connectivity index (χ2v) is 21.4. The van der Waals surface area contributed by atoms with Crippen molar-refractivity contribution in [2.75, 3.05) is 83.9 Å². The monoisotopic (exact) mass is 924 g/mol. The van der Waals surface area contributed by atoms with Crippen LogP contribution >= 0.6 is 22.7 Å². The van der Waals surface area contributed by atoms with E-state index in [1.807, 2.05) is 22.7 Å². The van der Waals surface area contributed by atoms with Gasteiger partial charge in [-0.1, -0.05) is 89.8 Å². The predicted molar refractivity (Wildman–Crippen MR) is 276 cm³/mol. The van der Waals surface area contributed by atoms with E-state index in [1.165, 1.54) is 64.1 Å². The summed E-state index contributed by atoms with van der Waals surface area (Å²) in [4.78, 5) is 16.0. The van der Waals surface area contributed by atoms with Crippen LogP contribution in [0.1, 0.15) is 59.7 Å². The topological polar surface area (TPSA) is 60.8 Å². The number of hydrogen-bond donors (Lipinski definition) is 1. The highest BCUT2D eigenvalue weighted by Gasteiger charge is 2.30. The molecule has 0 saturated heterocycles. The lowest BCUT2D eigenvalue weighted by atomic mass is 9.99. The van der Waals surface area contributed by atoms with Gasteiger partial charge in [-0.3, -0.25) is 4.79 Å². The van der Waals surface area contributed by atoms with E-state index in [-0.39, 0.29) is 12.5 Å². The van der Waals surface area contributed by atoms with Gasteiger partial charge in [0.2, 0.25) is 11.0 Å². The maximum Gasteiger partial charge on any atom is 0.303 e. The molecule has 6 aromatic rings. The molecule has 0 spiro atoms. The minimum absolute atomic E-state index is 0.0755. The molecule has 2 aliphatic rings. The summed E-state index contributed by atoms with van der Waals surface area (Å²) in [5, 5.41) is 11.6. The fraction of sp³-hybridized carbons (Fsp3) is 0.364. The number of nitrogens with zero attached hydrogens (tertiary/aromatic N) is 6. The Bertz CT molecular complexity index is 2600. The molecular formula is C55H68N6O3S2+4. The third-order valence-corrected chi connectivity index (χ3v) is 15.5. The maximum absolute atomic E-state index is 11.1. The first-order chi connectivity index (χ1) is 31.8. The lowest BCUT2D eigenvalue weighted by Gasteiger charge is -2.38. The summed E-state index contributed by atoms with van der Waals surface area (Å²) in [5.74, 6) is -0.726. The van der Waals surface area contributed by atoms with Crippen LogP contribution in [0.25, 0.3) is 43.7 Å². The Labute approximate surface area is 399 Å². The zero-order valence-electron chi connectivity index (χ0n) is 39.7. The summed E-state index contributed by atoms with van der Waals surface area (Å²) in [7, 11) is 13.7. The van der Waals surface area contributed by atoms with E-state index in [9.17, 15) is 4.79 Å². The molecule has 11 heteroatoms. The number of aromatic nitrogens is 2. The molecule has 4 aromatic carbocycles. The van der Waals surface area contributed by atoms with Crippen molar-refractivity contribution in [1.29, 1.82) is 0 Å². The van der Waals surface area contributed by atoms with Gasteiger partial charge in [-0.2, -0.15) is 9.13 Å². The van der Waals surface area contributed by atoms with Gasteiger partial charge in [-0.25, -0.2) is 0 Å². The zero-order chi connectivity index (χ0) is 46.3. The van der Waals surface area contributed by atoms with E-state index >= 15 is 0 Å². The Balaban J connectivity index is 0.883. The van der Waals surface area contributed by atoms with E-state index in [2.05, 4.69) is 195 Å². The number of benzene rings is 4. The first-order valence-electron chi connectivity index (χ1n) is 23.6. The van der Waals surface area contributed by atoms with Crippen molar-refractivity contribution in [2.24, 2.45) is 14.1 Å². The largest absolute Gasteiger partial charge is 0.481 e. The summed E-state index contributed by atoms with van der Waals surface area (Å²) in [5.41, 5.74) is 10.0. The van der Waals surface area contributed by atoms with Gasteiger partial charge in [-0.05, 0) is 60.4 Å². The number of aliphatic carboxylic acids is 1. The average Bonchev–Trinajstić information content (AvgIpc) is 3.79. The number of fused-ring (bicyclic) bond motifs is 4. The first-order valence-corrected chi connectivity index (χ1v) is 25.2. The minimum Gasteiger partial charge on any atom is -0.481 e. The number of anilines is 2. The number of rotatable bonds is 21. The average molecular weight is 925 g/mol. The van der Waals surface area contributed by atoms with Crippen molar-refractivity contribution < 1.29 is 32.7 Å². The van der Waals surface area contributed by atoms with E-state index in [1.54, 1.807) is 0 Å². The molecule has 2 aromatic heterocycles. The maximum atomic E-state index is 11.1. The van der Waals surface area contributed by atoms with Gasteiger partial charge in [0, 0.05) is 98.1 Å². The number of thiazole rings is 2. The molecule has 0 saturated carbocycles. The molecular weight excluding hydrogens is 857 g/mol. The van der Waals surface area contributed by atoms with E-state index < -0.39 is 5.97 Å². The van der Waals surface area contributed by atoms with Gasteiger partial charge < -0.3 is 28.6 Å². The molecule has 4 heterocycles. The third kappa shape index (κ3) is 11.6. The van der Waals surface area contributed by atoms with Crippen LogP contribution in [0.5, 0.6) is 0 Å². The number of likely N-dealkylation sites (N-methyl/N-ethyl adjacent to an activating group) is 2. The lowest BCUT2D eigenvalue weighted by molar-refractivity contribution is -0.914. The molecule has 0 unspecified atom stereocenters. The number of carboxylic acids is 1. The number of aryl methyl sites for hydroxylation is 2. The Hall–Kier alpha value is -5.43. The van der Waals surface area contributed by atoms with Crippen molar-refractivity contribution in [2.45, 2.75) is 44.6 Å². The molecule has 344 valence electrons. The molecule has 66 heavy (non-hydrogen) atoms. The SMILES string of the molecule is C[n+]1c(/C=C2\C=CN(CCC[N+](C)(C)CC(C[N+](C)(C)CCCN3C=C/C(=C\c4sc5ccccc5[n+]4C)c4ccccc43)OCCCCCC(=O)O)c3ccccc32)sc2ccccc21. The summed E-state index contributed by atoms with van der Waals surface area (Å²) in [6.07, 6.45) is 18.5. The highest BCUT2D eigenvalue weighted by atomic mass is 32.1. The summed E-state index contributed by atoms with van der Waals surface area (Å²) in [6.45, 7) is 6.40. The molecule has 0 bridgehead atoms. The van der Waals surface area contributed by atoms with E-state index in [0.717, 1.165) is 73.9 Å². The van der Waals surface area contributed by atoms with Gasteiger partial charge in [0.05, 0.1) is 41.3 Å². The van der Waals surface area contributed by atoms with Crippen LogP contribution in [0.4, 0.5) is 11.4 Å². The van der Waals surface area contributed by atoms with E-state index in [4.69, 9.17) is 9.84 Å². The molecule has 8 rings (SSSR count). The Morgan fingerprint density at radius 2 is 1.09 bits per heavy atom. The standard InChI is InChI=1S/C55H67N6O3S2/c1-56-49-24-13-15-26-51(49)65-53(56)38-42-29-33-58(47-22-11-9-20-45(42)47)31-18-35-60(3,4)40-44(64-37-17-7-8-28-55(62)63)41-61(5,6)36-19-32-59-34-30-43(46-21-10-12-23-48(46)59)39-54-57(2)50-25-14-16-27-52(50)66-54/h9-16,20-27,29-30,33-34,38-39,44H,7-8,17-19,28,31-32,35-37,40-41H2,1-6H3/q+3/p+1. The smallest absolute Gasteiger partial charge is 0.303 e. The van der Waals surface area contributed by atoms with Crippen LogP contribution in [-0.4, -0.2) is 100 Å². The number of unbranched alkanes of at least 4 members (excludes halogenated alkanes) is 2. The highest BCUT2D eigenvalue weighted by Crippen LogP contribution is 2.36. The molecule has 1 N–H and O–H groups in total. The summed E-state index contributed by atoms with van der Waals surface area (Å²) in [6, 6.07) is 34.8. The molecule has 0 fully saturated rings. The predicted octanol–water partition coefficient (Wildman–Crippen LogP) is 10.2. The molecule has 2 aliphatic heterocycles. The number of hydrogen-bond acceptors (Lipinski definition) is 6. The van der Waals surface area contributed by atoms with Crippen molar-refractivity contribution in [3.05, 3.63) is 143 Å². The molecule has 0 aliphatic carbocycles. The second-order valence-electron chi connectivity index (χ2n) is 19.3. The number of para-hydroxylation sites is 4. The summed E-state index contributed by atoms with van der Waals surface area (Å²) < 4.78 is 15.6. The lowest BCUT2D eigenvalue weighted by Crippen LogP contribution is -2.54. The number of ether oxygens (including phenoxy) is 1. The van der Waals surface area contributed by atoms with Crippen molar-refractivity contribution >= 4 is 83.7 Å². The van der Waals surface area contributed by atoms with Crippen molar-refractivity contribution in [3.63, 3.8) is 0 Å². The normalized spacial score (nSPS) is 15.2. The Morgan fingerprint density at radius 1 is 0.636 bits per heavy atom. The molecule has 9 nitrogen and oxygen atoms in total. The van der Waals surface area contributed by atoms with Crippen LogP contribution in [0.2, 0.25) is 0 Å². The van der Waals surface area contributed by atoms with Crippen LogP contribution in [-0.2, 0) is 23.6 Å². The molecule has 0 amide bonds. The zero-order valence-corrected chi connectivity index (χ0v) is 41.4. The van der Waals surface area contributed by atoms with Gasteiger partial charge >= 0.3 is 5.97 Å². The molecule has 0 atom stereocenters. The van der Waals surface area contributed by atoms with Gasteiger partial charge in [0.1, 0.15) is 36.6 Å². The second kappa shape index (κ2) is 21.0. The Kier molecular flexibility index (Phi) is 15.0. The van der Waals surface area contributed by atoms with Crippen LogP contribution in [0.15, 0.2) is 122 Å². The van der Waals surface area contributed by atoms with Crippen LogP contribution < -0.4 is 18.9 Å². The van der Waals surface area contributed by atoms with Crippen LogP contribution in [0, 0.1) is 0 Å². The molecule has 0 radical (unpaired) electrons. The van der Waals surface area contributed by atoms with E-state index in [0.29, 0.717) is 13.0 Å². The fourth-order valence-corrected chi connectivity index (χ4v) is 11.8. The van der Waals surface area contributed by atoms with Crippen molar-refractivity contribution in [1.82, 2.24) is 0 Å². The fourth-order valence-electron chi connectivity index (χ4n) is 9.61.